The Morgan fingerprint density at radius 1 is 0.929 bits per heavy atom. The van der Waals surface area contributed by atoms with E-state index in [0.29, 0.717) is 43.0 Å². The molecule has 8 atom stereocenters. The number of nitrogens with zero attached hydrogens (tertiary/aromatic N) is 7. The van der Waals surface area contributed by atoms with E-state index in [0.717, 1.165) is 4.90 Å². The van der Waals surface area contributed by atoms with Crippen molar-refractivity contribution in [2.45, 2.75) is 110 Å². The first-order valence-electron chi connectivity index (χ1n) is 24.0. The van der Waals surface area contributed by atoms with Crippen LogP contribution in [0.1, 0.15) is 72.3 Å². The number of ether oxygens (including phenoxy) is 2. The second-order valence-electron chi connectivity index (χ2n) is 19.1. The number of hydrogen-bond donors (Lipinski definition) is 4. The molecule has 0 aromatic heterocycles. The van der Waals surface area contributed by atoms with Gasteiger partial charge in [-0.3, -0.25) is 43.4 Å². The number of likely N-dealkylation sites (tertiary alicyclic amines) is 1. The molecule has 70 heavy (non-hydrogen) atoms. The van der Waals surface area contributed by atoms with Gasteiger partial charge in [0.25, 0.3) is 17.7 Å². The summed E-state index contributed by atoms with van der Waals surface area (Å²) in [6, 6.07) is 5.93. The minimum Gasteiger partial charge on any atom is -0.379 e. The van der Waals surface area contributed by atoms with Crippen molar-refractivity contribution in [1.82, 2.24) is 50.5 Å². The van der Waals surface area contributed by atoms with Crippen LogP contribution in [0.4, 0.5) is 0 Å². The van der Waals surface area contributed by atoms with Crippen molar-refractivity contribution in [1.29, 1.82) is 0 Å². The van der Waals surface area contributed by atoms with Crippen LogP contribution in [0.25, 0.3) is 0 Å². The Kier molecular flexibility index (Phi) is 21.2. The Morgan fingerprint density at radius 3 is 2.14 bits per heavy atom. The van der Waals surface area contributed by atoms with E-state index in [1.807, 2.05) is 65.7 Å². The number of hydrogen-bond acceptors (Lipinski definition) is 14. The molecule has 1 fully saturated rings. The van der Waals surface area contributed by atoms with Gasteiger partial charge in [0.05, 0.1) is 54.6 Å². The molecule has 0 aliphatic carbocycles. The number of amides is 6. The molecule has 21 nitrogen and oxygen atoms in total. The largest absolute Gasteiger partial charge is 0.379 e. The number of carbonyl (C=O) groups is 6. The first-order chi connectivity index (χ1) is 33.0. The van der Waals surface area contributed by atoms with Gasteiger partial charge in [-0.05, 0) is 36.7 Å². The topological polar surface area (TPSA) is 235 Å². The number of methoxy groups -OCH3 is 2. The Balaban J connectivity index is 1.45. The average molecular weight is 1000 g/mol. The second kappa shape index (κ2) is 26.0. The van der Waals surface area contributed by atoms with E-state index in [1.165, 1.54) is 19.3 Å². The summed E-state index contributed by atoms with van der Waals surface area (Å²) in [6.07, 6.45) is 4.47. The molecule has 1 aromatic rings. The van der Waals surface area contributed by atoms with E-state index in [-0.39, 0.29) is 56.0 Å². The summed E-state index contributed by atoms with van der Waals surface area (Å²) in [5.74, 6) is -3.58. The van der Waals surface area contributed by atoms with Crippen molar-refractivity contribution in [3.63, 3.8) is 0 Å². The van der Waals surface area contributed by atoms with Crippen LogP contribution in [-0.4, -0.2) is 191 Å². The summed E-state index contributed by atoms with van der Waals surface area (Å²) < 4.78 is 40.8. The van der Waals surface area contributed by atoms with Gasteiger partial charge in [0, 0.05) is 87.3 Å². The highest BCUT2D eigenvalue weighted by molar-refractivity contribution is 7.90. The predicted octanol–water partition coefficient (Wildman–Crippen LogP) is 1.07. The number of nitrogens with one attached hydrogen (secondary N) is 4. The molecule has 0 spiro atoms. The van der Waals surface area contributed by atoms with Crippen molar-refractivity contribution in [2.24, 2.45) is 22.7 Å². The quantitative estimate of drug-likeness (QED) is 0.0610. The molecule has 4 N–H and O–H groups in total. The molecule has 390 valence electrons. The SMILES string of the molecule is CC[C@H](C)[C@@H]([C@@H](CC(=O)N1CCC[C@H]1[C@H](OC)[C@@H](C)C(=O)N[C@@H](Cc1ccccc1)C(=O)NS(=O)(=O)CCCN1C=C(CN2C(=O)C=CC2=O)NN1)OC)N(C)C(=O)[C@@H](N=C(N(C)C)N(C)C)C(C)C. The normalized spacial score (nSPS) is 18.9. The molecule has 0 radical (unpaired) electrons. The Labute approximate surface area is 414 Å². The lowest BCUT2D eigenvalue weighted by Crippen LogP contribution is -2.56. The van der Waals surface area contributed by atoms with E-state index < -0.39 is 81.7 Å². The maximum absolute atomic E-state index is 14.4. The summed E-state index contributed by atoms with van der Waals surface area (Å²) in [4.78, 5) is 93.7. The average Bonchev–Trinajstić information content (AvgIpc) is 4.06. The highest BCUT2D eigenvalue weighted by Gasteiger charge is 2.43. The van der Waals surface area contributed by atoms with Gasteiger partial charge in [-0.2, -0.15) is 0 Å². The molecule has 3 aliphatic rings. The van der Waals surface area contributed by atoms with E-state index in [9.17, 15) is 37.2 Å². The van der Waals surface area contributed by atoms with Gasteiger partial charge in [0.2, 0.25) is 27.7 Å². The van der Waals surface area contributed by atoms with Gasteiger partial charge >= 0.3 is 0 Å². The van der Waals surface area contributed by atoms with Crippen molar-refractivity contribution < 1.29 is 46.7 Å². The second-order valence-corrected chi connectivity index (χ2v) is 20.9. The van der Waals surface area contributed by atoms with Crippen molar-refractivity contribution in [2.75, 3.05) is 74.8 Å². The van der Waals surface area contributed by atoms with E-state index in [2.05, 4.69) is 21.0 Å². The maximum atomic E-state index is 14.4. The third-order valence-electron chi connectivity index (χ3n) is 13.1. The predicted molar refractivity (Wildman–Crippen MR) is 265 cm³/mol. The minimum atomic E-state index is -4.18. The molecule has 22 heteroatoms. The first-order valence-corrected chi connectivity index (χ1v) is 25.6. The molecule has 3 heterocycles. The highest BCUT2D eigenvalue weighted by Crippen LogP contribution is 2.30. The maximum Gasteiger partial charge on any atom is 0.256 e. The van der Waals surface area contributed by atoms with Crippen molar-refractivity contribution >= 4 is 51.4 Å². The van der Waals surface area contributed by atoms with Crippen LogP contribution in [0.5, 0.6) is 0 Å². The van der Waals surface area contributed by atoms with Gasteiger partial charge < -0.3 is 39.8 Å². The third kappa shape index (κ3) is 15.2. The number of benzene rings is 1. The summed E-state index contributed by atoms with van der Waals surface area (Å²) in [6.45, 7) is 10.2. The number of imide groups is 1. The van der Waals surface area contributed by atoms with Crippen LogP contribution in [0, 0.1) is 17.8 Å². The van der Waals surface area contributed by atoms with Crippen molar-refractivity contribution in [3.8, 4) is 0 Å². The zero-order valence-electron chi connectivity index (χ0n) is 43.0. The van der Waals surface area contributed by atoms with E-state index in [4.69, 9.17) is 14.5 Å². The Bertz CT molecular complexity index is 2160. The zero-order valence-corrected chi connectivity index (χ0v) is 43.8. The Hall–Kier alpha value is -5.58. The van der Waals surface area contributed by atoms with Crippen LogP contribution in [0.15, 0.2) is 59.4 Å². The lowest BCUT2D eigenvalue weighted by atomic mass is 9.89. The molecule has 1 aromatic carbocycles. The summed E-state index contributed by atoms with van der Waals surface area (Å²) in [7, 11) is 8.09. The summed E-state index contributed by atoms with van der Waals surface area (Å²) in [5.41, 5.74) is 6.89. The monoisotopic (exact) mass is 1000 g/mol. The lowest BCUT2D eigenvalue weighted by molar-refractivity contribution is -0.146. The fraction of sp³-hybridized carbons (Fsp3) is 0.646. The van der Waals surface area contributed by atoms with Crippen LogP contribution < -0.4 is 21.0 Å². The molecule has 6 amide bonds. The molecular formula is C48H77N11O10S. The summed E-state index contributed by atoms with van der Waals surface area (Å²) in [5, 5.41) is 4.35. The number of likely N-dealkylation sites (N-methyl/N-ethyl adjacent to an activating group) is 1. The fourth-order valence-electron chi connectivity index (χ4n) is 9.18. The lowest BCUT2D eigenvalue weighted by Gasteiger charge is -2.40. The van der Waals surface area contributed by atoms with Crippen LogP contribution in [-0.2, 0) is 54.7 Å². The zero-order chi connectivity index (χ0) is 52.0. The van der Waals surface area contributed by atoms with Gasteiger partial charge in [-0.15, -0.1) is 5.53 Å². The molecule has 0 unspecified atom stereocenters. The molecule has 1 saturated heterocycles. The molecular weight excluding hydrogens is 923 g/mol. The third-order valence-corrected chi connectivity index (χ3v) is 14.4. The Morgan fingerprint density at radius 2 is 1.57 bits per heavy atom. The number of sulfonamides is 1. The van der Waals surface area contributed by atoms with Crippen LogP contribution in [0.2, 0.25) is 0 Å². The van der Waals surface area contributed by atoms with E-state index in [1.54, 1.807) is 72.4 Å². The first kappa shape index (κ1) is 57.0. The van der Waals surface area contributed by atoms with Gasteiger partial charge in [0.15, 0.2) is 5.96 Å². The fourth-order valence-corrected chi connectivity index (χ4v) is 10.2. The molecule has 0 saturated carbocycles. The number of carbonyl (C=O) groups excluding carboxylic acids is 6. The van der Waals surface area contributed by atoms with Gasteiger partial charge in [-0.25, -0.2) is 13.4 Å². The molecule has 0 bridgehead atoms. The molecule has 3 aliphatic heterocycles. The smallest absolute Gasteiger partial charge is 0.256 e. The minimum absolute atomic E-state index is 0.0000449. The molecule has 4 rings (SSSR count). The van der Waals surface area contributed by atoms with Gasteiger partial charge in [0.1, 0.15) is 12.1 Å². The van der Waals surface area contributed by atoms with E-state index >= 15 is 0 Å². The summed E-state index contributed by atoms with van der Waals surface area (Å²) >= 11 is 0. The van der Waals surface area contributed by atoms with Crippen molar-refractivity contribution in [3.05, 3.63) is 59.9 Å². The number of rotatable bonds is 25. The van der Waals surface area contributed by atoms with Crippen LogP contribution >= 0.6 is 0 Å². The van der Waals surface area contributed by atoms with Gasteiger partial charge in [-0.1, -0.05) is 71.4 Å². The van der Waals surface area contributed by atoms with Crippen LogP contribution in [0.3, 0.4) is 0 Å². The number of guanidine groups is 1. The number of hydrazine groups is 2. The standard InChI is InChI=1S/C48H77N11O10S/c1-13-32(4)43(56(10)47(65)42(31(2)3)50-48(54(6)7)55(8)9)38(68-11)28-41(62)58-25-17-21-37(58)44(69-12)33(5)45(63)49-36(27-34-19-15-14-16-20-34)46(64)52-70(66,67)26-18-24-57-29-35(51-53-57)30-59-39(60)22-23-40(59)61/h14-16,19-20,22-23,29,31-33,36-38,42-44,51,53H,13,17-18,21,24-28,30H2,1-12H3,(H,49,63)(H,52,64)/t32-,33+,36-,37-,38+,42-,43-,44+/m0/s1. The highest BCUT2D eigenvalue weighted by atomic mass is 32.2. The number of aliphatic imine (C=N–C) groups is 1.